The SMILES string of the molecule is CCCOCc1ccc(-c2ccc(CC[C@H]3CC[C@H](/C=C/CCCF)CC3)cc2)cc1. The van der Waals surface area contributed by atoms with Crippen LogP contribution in [0.25, 0.3) is 11.1 Å². The van der Waals surface area contributed by atoms with Gasteiger partial charge in [0, 0.05) is 6.61 Å². The molecule has 1 aliphatic rings. The fraction of sp³-hybridized carbons (Fsp3) is 0.517. The van der Waals surface area contributed by atoms with Crippen LogP contribution in [0.4, 0.5) is 4.39 Å². The fourth-order valence-electron chi connectivity index (χ4n) is 4.52. The predicted octanol–water partition coefficient (Wildman–Crippen LogP) is 8.33. The van der Waals surface area contributed by atoms with Crippen molar-refractivity contribution in [2.24, 2.45) is 11.8 Å². The summed E-state index contributed by atoms with van der Waals surface area (Å²) in [4.78, 5) is 0. The second-order valence-electron chi connectivity index (χ2n) is 9.03. The van der Waals surface area contributed by atoms with Gasteiger partial charge in [-0.05, 0) is 91.9 Å². The van der Waals surface area contributed by atoms with E-state index in [4.69, 9.17) is 4.74 Å². The average molecular weight is 423 g/mol. The predicted molar refractivity (Wildman–Crippen MR) is 130 cm³/mol. The number of hydrogen-bond acceptors (Lipinski definition) is 1. The summed E-state index contributed by atoms with van der Waals surface area (Å²) in [5.41, 5.74) is 5.23. The number of ether oxygens (including phenoxy) is 1. The molecule has 0 unspecified atom stereocenters. The minimum Gasteiger partial charge on any atom is -0.377 e. The summed E-state index contributed by atoms with van der Waals surface area (Å²) in [6, 6.07) is 17.9. The first kappa shape index (κ1) is 23.7. The first-order valence-electron chi connectivity index (χ1n) is 12.3. The Kier molecular flexibility index (Phi) is 10.3. The van der Waals surface area contributed by atoms with Crippen LogP contribution in [-0.4, -0.2) is 13.3 Å². The van der Waals surface area contributed by atoms with Crippen LogP contribution < -0.4 is 0 Å². The Balaban J connectivity index is 1.40. The van der Waals surface area contributed by atoms with Gasteiger partial charge in [-0.2, -0.15) is 0 Å². The molecular weight excluding hydrogens is 383 g/mol. The molecule has 0 N–H and O–H groups in total. The Labute approximate surface area is 188 Å². The molecule has 0 aromatic heterocycles. The van der Waals surface area contributed by atoms with Gasteiger partial charge >= 0.3 is 0 Å². The summed E-state index contributed by atoms with van der Waals surface area (Å²) in [5.74, 6) is 1.58. The highest BCUT2D eigenvalue weighted by Gasteiger charge is 2.19. The summed E-state index contributed by atoms with van der Waals surface area (Å²) >= 11 is 0. The number of benzene rings is 2. The molecule has 1 nitrogen and oxygen atoms in total. The van der Waals surface area contributed by atoms with E-state index in [1.165, 1.54) is 60.8 Å². The Morgan fingerprint density at radius 2 is 1.55 bits per heavy atom. The van der Waals surface area contributed by atoms with Crippen molar-refractivity contribution in [3.05, 3.63) is 71.8 Å². The zero-order valence-corrected chi connectivity index (χ0v) is 19.2. The van der Waals surface area contributed by atoms with Crippen molar-refractivity contribution in [2.75, 3.05) is 13.3 Å². The number of unbranched alkanes of at least 4 members (excludes halogenated alkanes) is 1. The topological polar surface area (TPSA) is 9.23 Å². The number of alkyl halides is 1. The van der Waals surface area contributed by atoms with E-state index in [1.807, 2.05) is 0 Å². The van der Waals surface area contributed by atoms with Gasteiger partial charge in [-0.25, -0.2) is 0 Å². The van der Waals surface area contributed by atoms with Crippen LogP contribution >= 0.6 is 0 Å². The highest BCUT2D eigenvalue weighted by Crippen LogP contribution is 2.32. The molecule has 31 heavy (non-hydrogen) atoms. The number of halogens is 1. The Morgan fingerprint density at radius 1 is 0.903 bits per heavy atom. The second-order valence-corrected chi connectivity index (χ2v) is 9.03. The van der Waals surface area contributed by atoms with E-state index in [1.54, 1.807) is 0 Å². The lowest BCUT2D eigenvalue weighted by Gasteiger charge is -2.26. The maximum Gasteiger partial charge on any atom is 0.0897 e. The minimum atomic E-state index is -0.196. The zero-order chi connectivity index (χ0) is 21.7. The quantitative estimate of drug-likeness (QED) is 0.247. The number of hydrogen-bond donors (Lipinski definition) is 0. The van der Waals surface area contributed by atoms with Gasteiger partial charge in [0.15, 0.2) is 0 Å². The van der Waals surface area contributed by atoms with Crippen molar-refractivity contribution in [1.82, 2.24) is 0 Å². The number of allylic oxidation sites excluding steroid dienone is 2. The van der Waals surface area contributed by atoms with Gasteiger partial charge in [-0.3, -0.25) is 4.39 Å². The van der Waals surface area contributed by atoms with E-state index >= 15 is 0 Å². The molecule has 1 fully saturated rings. The van der Waals surface area contributed by atoms with Crippen LogP contribution in [0.15, 0.2) is 60.7 Å². The summed E-state index contributed by atoms with van der Waals surface area (Å²) in [6.45, 7) is 3.46. The smallest absolute Gasteiger partial charge is 0.0897 e. The van der Waals surface area contributed by atoms with E-state index in [9.17, 15) is 4.39 Å². The Morgan fingerprint density at radius 3 is 2.16 bits per heavy atom. The molecule has 0 bridgehead atoms. The summed E-state index contributed by atoms with van der Waals surface area (Å²) < 4.78 is 17.8. The van der Waals surface area contributed by atoms with Gasteiger partial charge in [0.2, 0.25) is 0 Å². The van der Waals surface area contributed by atoms with Crippen molar-refractivity contribution < 1.29 is 9.13 Å². The van der Waals surface area contributed by atoms with Crippen LogP contribution in [0.2, 0.25) is 0 Å². The van der Waals surface area contributed by atoms with E-state index < -0.39 is 0 Å². The van der Waals surface area contributed by atoms with Crippen LogP contribution in [0, 0.1) is 11.8 Å². The van der Waals surface area contributed by atoms with E-state index in [-0.39, 0.29) is 6.67 Å². The lowest BCUT2D eigenvalue weighted by molar-refractivity contribution is 0.121. The normalized spacial score (nSPS) is 19.2. The molecule has 0 aliphatic heterocycles. The van der Waals surface area contributed by atoms with Crippen molar-refractivity contribution in [3.8, 4) is 11.1 Å². The lowest BCUT2D eigenvalue weighted by atomic mass is 9.79. The van der Waals surface area contributed by atoms with Crippen molar-refractivity contribution in [1.29, 1.82) is 0 Å². The molecule has 2 heteroatoms. The minimum absolute atomic E-state index is 0.196. The maximum atomic E-state index is 12.2. The first-order valence-corrected chi connectivity index (χ1v) is 12.3. The molecular formula is C29H39FO. The molecule has 1 aliphatic carbocycles. The third kappa shape index (κ3) is 8.26. The number of aryl methyl sites for hydroxylation is 1. The molecule has 168 valence electrons. The molecule has 2 aromatic rings. The zero-order valence-electron chi connectivity index (χ0n) is 19.2. The van der Waals surface area contributed by atoms with Gasteiger partial charge in [-0.1, -0.05) is 67.6 Å². The molecule has 0 spiro atoms. The van der Waals surface area contributed by atoms with Gasteiger partial charge in [0.1, 0.15) is 0 Å². The average Bonchev–Trinajstić information content (AvgIpc) is 2.82. The van der Waals surface area contributed by atoms with Crippen LogP contribution in [-0.2, 0) is 17.8 Å². The molecule has 0 amide bonds. The summed E-state index contributed by atoms with van der Waals surface area (Å²) in [5, 5.41) is 0. The van der Waals surface area contributed by atoms with Crippen molar-refractivity contribution in [3.63, 3.8) is 0 Å². The van der Waals surface area contributed by atoms with Gasteiger partial charge < -0.3 is 4.74 Å². The standard InChI is InChI=1S/C29H39FO/c1-2-22-31-23-27-15-19-29(20-16-27)28-17-13-26(14-18-28)12-11-25-9-7-24(8-10-25)6-4-3-5-21-30/h4,6,13-20,24-25H,2-3,5,7-12,21-23H2,1H3/b6-4+/t24-,25-. The summed E-state index contributed by atoms with van der Waals surface area (Å²) in [6.07, 6.45) is 14.9. The molecule has 0 radical (unpaired) electrons. The molecule has 0 heterocycles. The van der Waals surface area contributed by atoms with Crippen LogP contribution in [0.1, 0.15) is 69.4 Å². The van der Waals surface area contributed by atoms with Crippen LogP contribution in [0.5, 0.6) is 0 Å². The lowest BCUT2D eigenvalue weighted by Crippen LogP contribution is -2.13. The maximum absolute atomic E-state index is 12.2. The van der Waals surface area contributed by atoms with Gasteiger partial charge in [0.25, 0.3) is 0 Å². The molecule has 0 saturated heterocycles. The second kappa shape index (κ2) is 13.5. The van der Waals surface area contributed by atoms with Crippen molar-refractivity contribution in [2.45, 2.75) is 71.3 Å². The van der Waals surface area contributed by atoms with Crippen molar-refractivity contribution >= 4 is 0 Å². The Hall–Kier alpha value is -1.93. The third-order valence-corrected chi connectivity index (χ3v) is 6.50. The fourth-order valence-corrected chi connectivity index (χ4v) is 4.52. The van der Waals surface area contributed by atoms with Gasteiger partial charge in [-0.15, -0.1) is 0 Å². The highest BCUT2D eigenvalue weighted by atomic mass is 19.1. The third-order valence-electron chi connectivity index (χ3n) is 6.50. The monoisotopic (exact) mass is 422 g/mol. The van der Waals surface area contributed by atoms with E-state index in [2.05, 4.69) is 67.6 Å². The van der Waals surface area contributed by atoms with Gasteiger partial charge in [0.05, 0.1) is 13.3 Å². The molecule has 0 atom stereocenters. The highest BCUT2D eigenvalue weighted by molar-refractivity contribution is 5.63. The largest absolute Gasteiger partial charge is 0.377 e. The van der Waals surface area contributed by atoms with E-state index in [0.717, 1.165) is 31.3 Å². The number of rotatable bonds is 12. The first-order chi connectivity index (χ1) is 15.3. The molecule has 2 aromatic carbocycles. The van der Waals surface area contributed by atoms with Crippen LogP contribution in [0.3, 0.4) is 0 Å². The molecule has 3 rings (SSSR count). The molecule has 1 saturated carbocycles. The van der Waals surface area contributed by atoms with E-state index in [0.29, 0.717) is 13.0 Å². The summed E-state index contributed by atoms with van der Waals surface area (Å²) in [7, 11) is 0. The Bertz CT molecular complexity index is 754.